The number of carbonyl (C=O) groups excluding carboxylic acids is 1. The van der Waals surface area contributed by atoms with E-state index in [-0.39, 0.29) is 36.7 Å². The second-order valence-electron chi connectivity index (χ2n) is 5.75. The third-order valence-corrected chi connectivity index (χ3v) is 4.11. The fourth-order valence-electron chi connectivity index (χ4n) is 2.83. The topological polar surface area (TPSA) is 97.6 Å². The second-order valence-corrected chi connectivity index (χ2v) is 5.75. The van der Waals surface area contributed by atoms with Crippen molar-refractivity contribution in [2.24, 2.45) is 0 Å². The van der Waals surface area contributed by atoms with Crippen LogP contribution in [0, 0.1) is 15.9 Å². The zero-order valence-corrected chi connectivity index (χ0v) is 15.0. The Morgan fingerprint density at radius 3 is 2.93 bits per heavy atom. The van der Waals surface area contributed by atoms with Crippen molar-refractivity contribution in [3.8, 4) is 5.75 Å². The Bertz CT molecular complexity index is 809. The summed E-state index contributed by atoms with van der Waals surface area (Å²) in [5, 5.41) is 13.9. The van der Waals surface area contributed by atoms with Gasteiger partial charge in [0, 0.05) is 44.2 Å². The number of nitro groups is 1. The molecule has 0 aliphatic carbocycles. The van der Waals surface area contributed by atoms with E-state index < -0.39 is 16.4 Å². The predicted octanol–water partition coefficient (Wildman–Crippen LogP) is 2.10. The summed E-state index contributed by atoms with van der Waals surface area (Å²) in [6, 6.07) is 6.73. The minimum absolute atomic E-state index is 0. The predicted molar refractivity (Wildman–Crippen MR) is 97.4 cm³/mol. The third-order valence-electron chi connectivity index (χ3n) is 4.11. The van der Waals surface area contributed by atoms with Gasteiger partial charge in [-0.3, -0.25) is 19.9 Å². The summed E-state index contributed by atoms with van der Waals surface area (Å²) in [5.41, 5.74) is 0.275. The van der Waals surface area contributed by atoms with Gasteiger partial charge in [0.15, 0.2) is 6.61 Å². The highest BCUT2D eigenvalue weighted by atomic mass is 35.5. The first-order valence-corrected chi connectivity index (χ1v) is 8.03. The molecule has 0 saturated carbocycles. The zero-order valence-electron chi connectivity index (χ0n) is 14.2. The monoisotopic (exact) mass is 396 g/mol. The van der Waals surface area contributed by atoms with E-state index in [0.29, 0.717) is 19.6 Å². The van der Waals surface area contributed by atoms with Crippen molar-refractivity contribution in [1.82, 2.24) is 15.2 Å². The van der Waals surface area contributed by atoms with Crippen LogP contribution < -0.4 is 10.1 Å². The molecular formula is C17H18ClFN4O4. The average molecular weight is 397 g/mol. The van der Waals surface area contributed by atoms with Crippen LogP contribution in [0.4, 0.5) is 10.1 Å². The normalized spacial score (nSPS) is 16.3. The van der Waals surface area contributed by atoms with Gasteiger partial charge in [0.2, 0.25) is 5.82 Å². The van der Waals surface area contributed by atoms with E-state index in [1.165, 1.54) is 6.07 Å². The highest BCUT2D eigenvalue weighted by Crippen LogP contribution is 2.24. The van der Waals surface area contributed by atoms with Gasteiger partial charge in [-0.05, 0) is 17.7 Å². The van der Waals surface area contributed by atoms with Crippen LogP contribution in [0.3, 0.4) is 0 Å². The van der Waals surface area contributed by atoms with Crippen molar-refractivity contribution in [2.45, 2.75) is 6.04 Å². The largest absolute Gasteiger partial charge is 0.484 e. The molecule has 0 bridgehead atoms. The maximum Gasteiger partial charge on any atom is 0.305 e. The Morgan fingerprint density at radius 1 is 1.44 bits per heavy atom. The van der Waals surface area contributed by atoms with Crippen molar-refractivity contribution in [2.75, 3.05) is 26.2 Å². The molecule has 1 aromatic heterocycles. The number of piperazine rings is 1. The number of pyridine rings is 1. The molecule has 1 fully saturated rings. The molecule has 27 heavy (non-hydrogen) atoms. The Hall–Kier alpha value is -2.78. The molecule has 2 heterocycles. The fourth-order valence-corrected chi connectivity index (χ4v) is 2.83. The SMILES string of the molecule is Cl.O=C(COc1ccc([N+](=O)[O-])c(F)c1)N1CCNCC1c1cccnc1. The lowest BCUT2D eigenvalue weighted by atomic mass is 10.1. The first-order valence-electron chi connectivity index (χ1n) is 8.03. The first kappa shape index (κ1) is 20.5. The second kappa shape index (κ2) is 9.24. The molecule has 0 radical (unpaired) electrons. The van der Waals surface area contributed by atoms with Crippen molar-refractivity contribution in [3.05, 3.63) is 64.2 Å². The van der Waals surface area contributed by atoms with E-state index in [1.807, 2.05) is 12.1 Å². The summed E-state index contributed by atoms with van der Waals surface area (Å²) in [4.78, 5) is 28.2. The lowest BCUT2D eigenvalue weighted by Gasteiger charge is -2.36. The highest BCUT2D eigenvalue weighted by Gasteiger charge is 2.28. The summed E-state index contributed by atoms with van der Waals surface area (Å²) < 4.78 is 19.0. The van der Waals surface area contributed by atoms with Crippen LogP contribution in [0.1, 0.15) is 11.6 Å². The van der Waals surface area contributed by atoms with Gasteiger partial charge in [-0.1, -0.05) is 6.07 Å². The number of amides is 1. The van der Waals surface area contributed by atoms with E-state index in [2.05, 4.69) is 10.3 Å². The highest BCUT2D eigenvalue weighted by molar-refractivity contribution is 5.85. The average Bonchev–Trinajstić information content (AvgIpc) is 2.66. The quantitative estimate of drug-likeness (QED) is 0.614. The number of halogens is 2. The van der Waals surface area contributed by atoms with Gasteiger partial charge in [0.1, 0.15) is 5.75 Å². The number of nitro benzene ring substituents is 1. The standard InChI is InChI=1S/C17H17FN4O4.ClH/c18-14-8-13(3-4-15(14)22(24)25)26-11-17(23)21-7-6-20-10-16(21)12-2-1-5-19-9-12;/h1-5,8-9,16,20H,6-7,10-11H2;1H. The molecule has 1 saturated heterocycles. The van der Waals surface area contributed by atoms with Gasteiger partial charge in [-0.15, -0.1) is 12.4 Å². The van der Waals surface area contributed by atoms with Crippen LogP contribution in [0.5, 0.6) is 5.75 Å². The van der Waals surface area contributed by atoms with Gasteiger partial charge < -0.3 is 15.0 Å². The molecule has 1 aliphatic rings. The number of carbonyl (C=O) groups is 1. The van der Waals surface area contributed by atoms with Crippen LogP contribution >= 0.6 is 12.4 Å². The van der Waals surface area contributed by atoms with Gasteiger partial charge in [-0.25, -0.2) is 0 Å². The van der Waals surface area contributed by atoms with E-state index in [0.717, 1.165) is 17.7 Å². The maximum absolute atomic E-state index is 13.6. The Morgan fingerprint density at radius 2 is 2.26 bits per heavy atom. The Balaban J connectivity index is 0.00000261. The van der Waals surface area contributed by atoms with Crippen molar-refractivity contribution in [1.29, 1.82) is 0 Å². The number of aromatic nitrogens is 1. The van der Waals surface area contributed by atoms with Gasteiger partial charge >= 0.3 is 5.69 Å². The first-order chi connectivity index (χ1) is 12.6. The molecule has 3 rings (SSSR count). The smallest absolute Gasteiger partial charge is 0.305 e. The molecule has 0 spiro atoms. The fraction of sp³-hybridized carbons (Fsp3) is 0.294. The molecule has 1 unspecified atom stereocenters. The van der Waals surface area contributed by atoms with Crippen LogP contribution in [0.15, 0.2) is 42.7 Å². The molecule has 8 nitrogen and oxygen atoms in total. The van der Waals surface area contributed by atoms with E-state index in [4.69, 9.17) is 4.74 Å². The van der Waals surface area contributed by atoms with Crippen LogP contribution in [0.25, 0.3) is 0 Å². The number of rotatable bonds is 5. The molecule has 1 aliphatic heterocycles. The Labute approximate surface area is 160 Å². The lowest BCUT2D eigenvalue weighted by Crippen LogP contribution is -2.50. The molecule has 2 aromatic rings. The number of hydrogen-bond acceptors (Lipinski definition) is 6. The van der Waals surface area contributed by atoms with Crippen LogP contribution in [-0.4, -0.2) is 47.0 Å². The Kier molecular flexibility index (Phi) is 7.03. The third kappa shape index (κ3) is 4.89. The summed E-state index contributed by atoms with van der Waals surface area (Å²) in [6.45, 7) is 1.49. The molecular weight excluding hydrogens is 379 g/mol. The summed E-state index contributed by atoms with van der Waals surface area (Å²) in [5.74, 6) is -1.19. The molecule has 1 aromatic carbocycles. The van der Waals surface area contributed by atoms with Crippen molar-refractivity contribution in [3.63, 3.8) is 0 Å². The lowest BCUT2D eigenvalue weighted by molar-refractivity contribution is -0.387. The number of nitrogens with one attached hydrogen (secondary N) is 1. The summed E-state index contributed by atoms with van der Waals surface area (Å²) in [7, 11) is 0. The minimum atomic E-state index is -1.00. The zero-order chi connectivity index (χ0) is 18.5. The maximum atomic E-state index is 13.6. The molecule has 1 atom stereocenters. The van der Waals surface area contributed by atoms with E-state index >= 15 is 0 Å². The summed E-state index contributed by atoms with van der Waals surface area (Å²) in [6.07, 6.45) is 3.38. The molecule has 10 heteroatoms. The van der Waals surface area contributed by atoms with Gasteiger partial charge in [0.25, 0.3) is 5.91 Å². The van der Waals surface area contributed by atoms with Gasteiger partial charge in [-0.2, -0.15) is 4.39 Å². The van der Waals surface area contributed by atoms with Crippen LogP contribution in [-0.2, 0) is 4.79 Å². The summed E-state index contributed by atoms with van der Waals surface area (Å²) >= 11 is 0. The number of nitrogens with zero attached hydrogens (tertiary/aromatic N) is 3. The van der Waals surface area contributed by atoms with Crippen molar-refractivity contribution < 1.29 is 18.8 Å². The molecule has 144 valence electrons. The van der Waals surface area contributed by atoms with E-state index in [9.17, 15) is 19.3 Å². The number of benzene rings is 1. The number of ether oxygens (including phenoxy) is 1. The molecule has 1 N–H and O–H groups in total. The van der Waals surface area contributed by atoms with Gasteiger partial charge in [0.05, 0.1) is 11.0 Å². The molecule has 1 amide bonds. The van der Waals surface area contributed by atoms with Crippen LogP contribution in [0.2, 0.25) is 0 Å². The minimum Gasteiger partial charge on any atom is -0.484 e. The number of hydrogen-bond donors (Lipinski definition) is 1. The van der Waals surface area contributed by atoms with Crippen molar-refractivity contribution >= 4 is 24.0 Å². The van der Waals surface area contributed by atoms with E-state index in [1.54, 1.807) is 17.3 Å².